The van der Waals surface area contributed by atoms with Gasteiger partial charge in [-0.15, -0.1) is 12.4 Å². The molecule has 1 aliphatic heterocycles. The summed E-state index contributed by atoms with van der Waals surface area (Å²) in [4.78, 5) is 2.72. The summed E-state index contributed by atoms with van der Waals surface area (Å²) in [6.07, 6.45) is 5.38. The van der Waals surface area contributed by atoms with Crippen molar-refractivity contribution in [2.75, 3.05) is 20.1 Å². The number of hydrogen-bond acceptors (Lipinski definition) is 4. The van der Waals surface area contributed by atoms with Crippen LogP contribution in [0.5, 0.6) is 5.75 Å². The molecule has 3 rings (SSSR count). The van der Waals surface area contributed by atoms with Crippen LogP contribution in [0, 0.1) is 5.92 Å². The number of rotatable bonds is 4. The molecule has 142 valence electrons. The Morgan fingerprint density at radius 3 is 2.48 bits per heavy atom. The lowest BCUT2D eigenvalue weighted by Gasteiger charge is -2.35. The number of phenolic OH excluding ortho intramolecular Hbond substituents is 1. The Labute approximate surface area is 157 Å². The number of nitrogens with zero attached hydrogens (tertiary/aromatic N) is 2. The quantitative estimate of drug-likeness (QED) is 0.860. The molecule has 2 atom stereocenters. The van der Waals surface area contributed by atoms with Crippen LogP contribution < -0.4 is 0 Å². The summed E-state index contributed by atoms with van der Waals surface area (Å²) in [6, 6.07) is 6.48. The SMILES string of the molecule is CC1CCN(C2CCC(N(C)S(=O)(=O)c3cccc(O)c3)C2)CC1.Cl. The Morgan fingerprint density at radius 2 is 1.84 bits per heavy atom. The zero-order valence-electron chi connectivity index (χ0n) is 15.0. The van der Waals surface area contributed by atoms with Crippen LogP contribution >= 0.6 is 12.4 Å². The number of sulfonamides is 1. The fraction of sp³-hybridized carbons (Fsp3) is 0.667. The van der Waals surface area contributed by atoms with E-state index in [0.717, 1.165) is 38.3 Å². The number of piperidine rings is 1. The molecule has 1 aromatic carbocycles. The van der Waals surface area contributed by atoms with Crippen molar-refractivity contribution in [1.29, 1.82) is 0 Å². The van der Waals surface area contributed by atoms with Gasteiger partial charge in [-0.3, -0.25) is 0 Å². The molecule has 2 fully saturated rings. The Kier molecular flexibility index (Phi) is 6.76. The van der Waals surface area contributed by atoms with Gasteiger partial charge in [0.25, 0.3) is 0 Å². The van der Waals surface area contributed by atoms with Gasteiger partial charge in [-0.2, -0.15) is 4.31 Å². The third-order valence-electron chi connectivity index (χ3n) is 5.72. The maximum Gasteiger partial charge on any atom is 0.243 e. The van der Waals surface area contributed by atoms with Crippen LogP contribution in [0.15, 0.2) is 29.2 Å². The number of halogens is 1. The molecule has 25 heavy (non-hydrogen) atoms. The van der Waals surface area contributed by atoms with Gasteiger partial charge in [-0.05, 0) is 69.3 Å². The first-order valence-corrected chi connectivity index (χ1v) is 10.3. The third kappa shape index (κ3) is 4.48. The molecule has 2 aliphatic rings. The van der Waals surface area contributed by atoms with E-state index in [9.17, 15) is 13.5 Å². The molecule has 1 saturated heterocycles. The highest BCUT2D eigenvalue weighted by molar-refractivity contribution is 7.89. The van der Waals surface area contributed by atoms with Crippen LogP contribution in [0.1, 0.15) is 39.0 Å². The second kappa shape index (κ2) is 8.25. The van der Waals surface area contributed by atoms with Gasteiger partial charge in [0.05, 0.1) is 4.90 Å². The number of aromatic hydroxyl groups is 1. The number of likely N-dealkylation sites (tertiary alicyclic amines) is 1. The molecule has 2 unspecified atom stereocenters. The number of phenols is 1. The van der Waals surface area contributed by atoms with Gasteiger partial charge >= 0.3 is 0 Å². The van der Waals surface area contributed by atoms with E-state index < -0.39 is 10.0 Å². The molecule has 0 aromatic heterocycles. The smallest absolute Gasteiger partial charge is 0.243 e. The molecule has 1 saturated carbocycles. The summed E-state index contributed by atoms with van der Waals surface area (Å²) in [5.74, 6) is 0.795. The summed E-state index contributed by atoms with van der Waals surface area (Å²) in [5.41, 5.74) is 0. The van der Waals surface area contributed by atoms with E-state index in [0.29, 0.717) is 6.04 Å². The average molecular weight is 389 g/mol. The number of hydrogen-bond donors (Lipinski definition) is 1. The largest absolute Gasteiger partial charge is 0.508 e. The van der Waals surface area contributed by atoms with E-state index in [1.165, 1.54) is 29.3 Å². The standard InChI is InChI=1S/C18H28N2O3S.ClH/c1-14-8-10-20(11-9-14)16-7-6-15(12-16)19(2)24(22,23)18-5-3-4-17(21)13-18;/h3-5,13-16,21H,6-12H2,1-2H3;1H. The van der Waals surface area contributed by atoms with Crippen molar-refractivity contribution < 1.29 is 13.5 Å². The molecule has 1 heterocycles. The van der Waals surface area contributed by atoms with Crippen LogP contribution in [0.2, 0.25) is 0 Å². The maximum atomic E-state index is 12.8. The van der Waals surface area contributed by atoms with Crippen LogP contribution in [-0.4, -0.2) is 55.0 Å². The van der Waals surface area contributed by atoms with Crippen LogP contribution in [0.4, 0.5) is 0 Å². The Bertz CT molecular complexity index is 675. The van der Waals surface area contributed by atoms with Crippen molar-refractivity contribution in [3.63, 3.8) is 0 Å². The molecule has 0 bridgehead atoms. The lowest BCUT2D eigenvalue weighted by molar-refractivity contribution is 0.136. The Morgan fingerprint density at radius 1 is 1.16 bits per heavy atom. The van der Waals surface area contributed by atoms with Crippen molar-refractivity contribution in [3.05, 3.63) is 24.3 Å². The fourth-order valence-corrected chi connectivity index (χ4v) is 5.43. The zero-order valence-corrected chi connectivity index (χ0v) is 16.6. The summed E-state index contributed by atoms with van der Waals surface area (Å²) in [6.45, 7) is 4.59. The predicted molar refractivity (Wildman–Crippen MR) is 102 cm³/mol. The molecule has 7 heteroatoms. The van der Waals surface area contributed by atoms with Crippen molar-refractivity contribution in [1.82, 2.24) is 9.21 Å². The fourth-order valence-electron chi connectivity index (χ4n) is 4.00. The summed E-state index contributed by atoms with van der Waals surface area (Å²) >= 11 is 0. The molecule has 1 aliphatic carbocycles. The minimum absolute atomic E-state index is 0. The van der Waals surface area contributed by atoms with Gasteiger partial charge in [0.1, 0.15) is 5.75 Å². The summed E-state index contributed by atoms with van der Waals surface area (Å²) in [7, 11) is -1.88. The molecular weight excluding hydrogens is 360 g/mol. The first-order valence-electron chi connectivity index (χ1n) is 8.89. The summed E-state index contributed by atoms with van der Waals surface area (Å²) < 4.78 is 27.1. The molecule has 5 nitrogen and oxygen atoms in total. The third-order valence-corrected chi connectivity index (χ3v) is 7.63. The number of benzene rings is 1. The van der Waals surface area contributed by atoms with E-state index in [2.05, 4.69) is 11.8 Å². The molecule has 1 N–H and O–H groups in total. The normalized spacial score (nSPS) is 25.9. The minimum Gasteiger partial charge on any atom is -0.508 e. The van der Waals surface area contributed by atoms with Gasteiger partial charge in [0, 0.05) is 19.1 Å². The highest BCUT2D eigenvalue weighted by Gasteiger charge is 2.37. The first-order chi connectivity index (χ1) is 11.4. The lowest BCUT2D eigenvalue weighted by atomic mass is 9.97. The lowest BCUT2D eigenvalue weighted by Crippen LogP contribution is -2.41. The van der Waals surface area contributed by atoms with Gasteiger partial charge in [-0.25, -0.2) is 8.42 Å². The van der Waals surface area contributed by atoms with E-state index in [1.54, 1.807) is 19.2 Å². The maximum absolute atomic E-state index is 12.8. The molecule has 1 aromatic rings. The van der Waals surface area contributed by atoms with Gasteiger partial charge in [0.15, 0.2) is 0 Å². The highest BCUT2D eigenvalue weighted by Crippen LogP contribution is 2.33. The average Bonchev–Trinajstić information content (AvgIpc) is 3.04. The van der Waals surface area contributed by atoms with Crippen LogP contribution in [-0.2, 0) is 10.0 Å². The second-order valence-corrected chi connectivity index (χ2v) is 9.36. The van der Waals surface area contributed by atoms with E-state index in [1.807, 2.05) is 0 Å². The zero-order chi connectivity index (χ0) is 17.3. The highest BCUT2D eigenvalue weighted by atomic mass is 35.5. The second-order valence-electron chi connectivity index (χ2n) is 7.36. The predicted octanol–water partition coefficient (Wildman–Crippen LogP) is 3.09. The minimum atomic E-state index is -3.55. The van der Waals surface area contributed by atoms with Crippen molar-refractivity contribution >= 4 is 22.4 Å². The van der Waals surface area contributed by atoms with Crippen LogP contribution in [0.25, 0.3) is 0 Å². The van der Waals surface area contributed by atoms with Gasteiger partial charge < -0.3 is 10.0 Å². The molecular formula is C18H29ClN2O3S. The Hall–Kier alpha value is -0.820. The van der Waals surface area contributed by atoms with Crippen molar-refractivity contribution in [2.45, 2.75) is 56.0 Å². The molecule has 0 radical (unpaired) electrons. The van der Waals surface area contributed by atoms with E-state index >= 15 is 0 Å². The Balaban J connectivity index is 0.00000225. The van der Waals surface area contributed by atoms with Crippen LogP contribution in [0.3, 0.4) is 0 Å². The van der Waals surface area contributed by atoms with Gasteiger partial charge in [-0.1, -0.05) is 13.0 Å². The van der Waals surface area contributed by atoms with E-state index in [-0.39, 0.29) is 29.1 Å². The van der Waals surface area contributed by atoms with Gasteiger partial charge in [0.2, 0.25) is 10.0 Å². The molecule has 0 amide bonds. The summed E-state index contributed by atoms with van der Waals surface area (Å²) in [5, 5.41) is 9.57. The van der Waals surface area contributed by atoms with Crippen molar-refractivity contribution in [2.24, 2.45) is 5.92 Å². The van der Waals surface area contributed by atoms with E-state index in [4.69, 9.17) is 0 Å². The first kappa shape index (κ1) is 20.5. The van der Waals surface area contributed by atoms with Crippen molar-refractivity contribution in [3.8, 4) is 5.75 Å². The monoisotopic (exact) mass is 388 g/mol. The molecule has 0 spiro atoms. The topological polar surface area (TPSA) is 60.9 Å².